The molecule has 6 nitrogen and oxygen atoms in total. The topological polar surface area (TPSA) is 55.9 Å². The van der Waals surface area contributed by atoms with E-state index >= 15 is 0 Å². The third kappa shape index (κ3) is 5.78. The van der Waals surface area contributed by atoms with Gasteiger partial charge in [0.25, 0.3) is 5.91 Å². The molecule has 0 aromatic heterocycles. The summed E-state index contributed by atoms with van der Waals surface area (Å²) >= 11 is 0. The van der Waals surface area contributed by atoms with Crippen LogP contribution in [0.2, 0.25) is 0 Å². The standard InChI is InChI=1S/C26H33FN4O2/c1-19-17-30(15-12-28-19)18-20-6-8-24(9-7-20)29(2)25(32)21-10-13-31(14-11-21)26(33)22-4-3-5-23(27)16-22/h3-9,16,19,21,28H,10-15,17-18H2,1-2H3/t19-/m0/s1. The number of halogens is 1. The van der Waals surface area contributed by atoms with Gasteiger partial charge in [-0.05, 0) is 55.7 Å². The number of carbonyl (C=O) groups excluding carboxylic acids is 2. The molecule has 0 radical (unpaired) electrons. The fourth-order valence-electron chi connectivity index (χ4n) is 4.77. The molecule has 2 aliphatic heterocycles. The van der Waals surface area contributed by atoms with Crippen molar-refractivity contribution in [3.8, 4) is 0 Å². The number of anilines is 1. The predicted molar refractivity (Wildman–Crippen MR) is 128 cm³/mol. The largest absolute Gasteiger partial charge is 0.339 e. The first kappa shape index (κ1) is 23.4. The summed E-state index contributed by atoms with van der Waals surface area (Å²) in [6.07, 6.45) is 1.23. The third-order valence-electron chi connectivity index (χ3n) is 6.72. The average molecular weight is 453 g/mol. The Bertz CT molecular complexity index is 973. The monoisotopic (exact) mass is 452 g/mol. The molecule has 0 unspecified atom stereocenters. The van der Waals surface area contributed by atoms with Gasteiger partial charge < -0.3 is 15.1 Å². The second-order valence-electron chi connectivity index (χ2n) is 9.23. The molecule has 0 bridgehead atoms. The molecular formula is C26H33FN4O2. The molecule has 4 rings (SSSR count). The second-order valence-corrected chi connectivity index (χ2v) is 9.23. The number of carbonyl (C=O) groups is 2. The van der Waals surface area contributed by atoms with Crippen LogP contribution in [-0.4, -0.2) is 67.4 Å². The number of piperazine rings is 1. The van der Waals surface area contributed by atoms with Crippen molar-refractivity contribution in [2.75, 3.05) is 44.7 Å². The number of nitrogens with one attached hydrogen (secondary N) is 1. The van der Waals surface area contributed by atoms with Crippen LogP contribution in [0.3, 0.4) is 0 Å². The molecule has 2 fully saturated rings. The van der Waals surface area contributed by atoms with Gasteiger partial charge in [-0.2, -0.15) is 0 Å². The molecule has 2 aromatic carbocycles. The summed E-state index contributed by atoms with van der Waals surface area (Å²) in [5.74, 6) is -0.630. The first-order chi connectivity index (χ1) is 15.9. The SMILES string of the molecule is C[C@H]1CN(Cc2ccc(N(C)C(=O)C3CCN(C(=O)c4cccc(F)c4)CC3)cc2)CCN1. The zero-order valence-electron chi connectivity index (χ0n) is 19.5. The van der Waals surface area contributed by atoms with Crippen molar-refractivity contribution in [2.45, 2.75) is 32.4 Å². The number of likely N-dealkylation sites (tertiary alicyclic amines) is 1. The van der Waals surface area contributed by atoms with Crippen molar-refractivity contribution in [3.05, 3.63) is 65.5 Å². The van der Waals surface area contributed by atoms with Crippen LogP contribution in [0.4, 0.5) is 10.1 Å². The smallest absolute Gasteiger partial charge is 0.253 e. The maximum absolute atomic E-state index is 13.4. The van der Waals surface area contributed by atoms with Crippen LogP contribution < -0.4 is 10.2 Å². The quantitative estimate of drug-likeness (QED) is 0.757. The summed E-state index contributed by atoms with van der Waals surface area (Å²) < 4.78 is 13.4. The summed E-state index contributed by atoms with van der Waals surface area (Å²) in [6, 6.07) is 14.5. The normalized spacial score (nSPS) is 20.0. The van der Waals surface area contributed by atoms with Gasteiger partial charge in [-0.15, -0.1) is 0 Å². The van der Waals surface area contributed by atoms with Gasteiger partial charge >= 0.3 is 0 Å². The van der Waals surface area contributed by atoms with Crippen LogP contribution in [-0.2, 0) is 11.3 Å². The predicted octanol–water partition coefficient (Wildman–Crippen LogP) is 3.13. The summed E-state index contributed by atoms with van der Waals surface area (Å²) in [5.41, 5.74) is 2.49. The van der Waals surface area contributed by atoms with Gasteiger partial charge in [0.15, 0.2) is 0 Å². The molecular weight excluding hydrogens is 419 g/mol. The zero-order valence-corrected chi connectivity index (χ0v) is 19.5. The molecule has 2 amide bonds. The van der Waals surface area contributed by atoms with Gasteiger partial charge in [0.1, 0.15) is 5.82 Å². The number of hydrogen-bond donors (Lipinski definition) is 1. The van der Waals surface area contributed by atoms with Gasteiger partial charge in [-0.1, -0.05) is 18.2 Å². The molecule has 176 valence electrons. The van der Waals surface area contributed by atoms with E-state index in [1.807, 2.05) is 19.2 Å². The zero-order chi connectivity index (χ0) is 23.4. The van der Waals surface area contributed by atoms with Crippen molar-refractivity contribution in [2.24, 2.45) is 5.92 Å². The van der Waals surface area contributed by atoms with Crippen LogP contribution in [0, 0.1) is 11.7 Å². The molecule has 0 spiro atoms. The molecule has 7 heteroatoms. The van der Waals surface area contributed by atoms with E-state index in [0.29, 0.717) is 37.5 Å². The highest BCUT2D eigenvalue weighted by Gasteiger charge is 2.30. The van der Waals surface area contributed by atoms with Gasteiger partial charge in [-0.25, -0.2) is 4.39 Å². The highest BCUT2D eigenvalue weighted by molar-refractivity contribution is 5.96. The van der Waals surface area contributed by atoms with Crippen LogP contribution in [0.5, 0.6) is 0 Å². The van der Waals surface area contributed by atoms with Crippen LogP contribution in [0.15, 0.2) is 48.5 Å². The van der Waals surface area contributed by atoms with E-state index in [0.717, 1.165) is 31.9 Å². The lowest BCUT2D eigenvalue weighted by molar-refractivity contribution is -0.123. The average Bonchev–Trinajstić information content (AvgIpc) is 2.83. The molecule has 2 aliphatic rings. The number of piperidine rings is 1. The lowest BCUT2D eigenvalue weighted by atomic mass is 9.94. The Morgan fingerprint density at radius 3 is 2.48 bits per heavy atom. The second kappa shape index (κ2) is 10.4. The van der Waals surface area contributed by atoms with E-state index in [1.54, 1.807) is 21.9 Å². The maximum atomic E-state index is 13.4. The van der Waals surface area contributed by atoms with Crippen molar-refractivity contribution in [3.63, 3.8) is 0 Å². The molecule has 2 aromatic rings. The summed E-state index contributed by atoms with van der Waals surface area (Å²) in [4.78, 5) is 31.6. The lowest BCUT2D eigenvalue weighted by Gasteiger charge is -2.33. The van der Waals surface area contributed by atoms with E-state index in [-0.39, 0.29) is 17.7 Å². The van der Waals surface area contributed by atoms with E-state index < -0.39 is 5.82 Å². The number of rotatable bonds is 5. The molecule has 0 aliphatic carbocycles. The molecule has 1 atom stereocenters. The third-order valence-corrected chi connectivity index (χ3v) is 6.72. The highest BCUT2D eigenvalue weighted by Crippen LogP contribution is 2.24. The minimum atomic E-state index is -0.416. The highest BCUT2D eigenvalue weighted by atomic mass is 19.1. The van der Waals surface area contributed by atoms with E-state index in [4.69, 9.17) is 0 Å². The molecule has 1 N–H and O–H groups in total. The Hall–Kier alpha value is -2.77. The van der Waals surface area contributed by atoms with Crippen molar-refractivity contribution < 1.29 is 14.0 Å². The lowest BCUT2D eigenvalue weighted by Crippen LogP contribution is -2.48. The van der Waals surface area contributed by atoms with E-state index in [2.05, 4.69) is 29.3 Å². The molecule has 2 heterocycles. The number of benzene rings is 2. The van der Waals surface area contributed by atoms with Crippen LogP contribution in [0.1, 0.15) is 35.7 Å². The van der Waals surface area contributed by atoms with Crippen LogP contribution >= 0.6 is 0 Å². The van der Waals surface area contributed by atoms with Gasteiger partial charge in [0, 0.05) is 69.5 Å². The van der Waals surface area contributed by atoms with Gasteiger partial charge in [-0.3, -0.25) is 14.5 Å². The van der Waals surface area contributed by atoms with Crippen molar-refractivity contribution in [1.82, 2.24) is 15.1 Å². The number of hydrogen-bond acceptors (Lipinski definition) is 4. The van der Waals surface area contributed by atoms with Crippen LogP contribution in [0.25, 0.3) is 0 Å². The van der Waals surface area contributed by atoms with Crippen molar-refractivity contribution in [1.29, 1.82) is 0 Å². The summed E-state index contributed by atoms with van der Waals surface area (Å²) in [5, 5.41) is 3.46. The minimum absolute atomic E-state index is 0.0801. The first-order valence-corrected chi connectivity index (χ1v) is 11.8. The van der Waals surface area contributed by atoms with Gasteiger partial charge in [0.2, 0.25) is 5.91 Å². The fraction of sp³-hybridized carbons (Fsp3) is 0.462. The first-order valence-electron chi connectivity index (χ1n) is 11.8. The Morgan fingerprint density at radius 1 is 1.09 bits per heavy atom. The Balaban J connectivity index is 1.30. The number of amides is 2. The van der Waals surface area contributed by atoms with Gasteiger partial charge in [0.05, 0.1) is 0 Å². The Labute approximate surface area is 195 Å². The van der Waals surface area contributed by atoms with Crippen molar-refractivity contribution >= 4 is 17.5 Å². The fourth-order valence-corrected chi connectivity index (χ4v) is 4.77. The Morgan fingerprint density at radius 2 is 1.82 bits per heavy atom. The van der Waals surface area contributed by atoms with E-state index in [1.165, 1.54) is 17.7 Å². The van der Waals surface area contributed by atoms with E-state index in [9.17, 15) is 14.0 Å². The molecule has 2 saturated heterocycles. The Kier molecular flexibility index (Phi) is 7.40. The maximum Gasteiger partial charge on any atom is 0.253 e. The molecule has 33 heavy (non-hydrogen) atoms. The summed E-state index contributed by atoms with van der Waals surface area (Å²) in [7, 11) is 1.82. The summed E-state index contributed by atoms with van der Waals surface area (Å²) in [6.45, 7) is 7.23. The minimum Gasteiger partial charge on any atom is -0.339 e. The molecule has 0 saturated carbocycles. The number of nitrogens with zero attached hydrogens (tertiary/aromatic N) is 3.